The minimum absolute atomic E-state index is 0.00317. The molecule has 0 saturated carbocycles. The zero-order valence-electron chi connectivity index (χ0n) is 15.9. The van der Waals surface area contributed by atoms with Crippen LogP contribution in [0.3, 0.4) is 0 Å². The van der Waals surface area contributed by atoms with Gasteiger partial charge in [0.25, 0.3) is 0 Å². The maximum Gasteiger partial charge on any atom is 0.191 e. The van der Waals surface area contributed by atoms with E-state index >= 15 is 0 Å². The van der Waals surface area contributed by atoms with Crippen LogP contribution < -0.4 is 10.6 Å². The van der Waals surface area contributed by atoms with Crippen molar-refractivity contribution in [1.29, 1.82) is 0 Å². The van der Waals surface area contributed by atoms with Crippen molar-refractivity contribution in [2.45, 2.75) is 19.3 Å². The molecule has 7 nitrogen and oxygen atoms in total. The SMILES string of the molecule is CN=C(NCCc1cnn(-c2ccccc2)c1)NCC1(CCO)CCOC1. The molecule has 2 heterocycles. The number of ether oxygens (including phenoxy) is 1. The number of para-hydroxylation sites is 1. The lowest BCUT2D eigenvalue weighted by Crippen LogP contribution is -2.45. The number of aliphatic hydroxyl groups is 1. The van der Waals surface area contributed by atoms with Gasteiger partial charge in [0, 0.05) is 45.0 Å². The Bertz CT molecular complexity index is 723. The summed E-state index contributed by atoms with van der Waals surface area (Å²) in [4.78, 5) is 4.29. The number of rotatable bonds is 8. The van der Waals surface area contributed by atoms with E-state index in [1.807, 2.05) is 41.2 Å². The lowest BCUT2D eigenvalue weighted by atomic mass is 9.84. The number of nitrogens with one attached hydrogen (secondary N) is 2. The summed E-state index contributed by atoms with van der Waals surface area (Å²) < 4.78 is 7.43. The highest BCUT2D eigenvalue weighted by Crippen LogP contribution is 2.31. The molecule has 27 heavy (non-hydrogen) atoms. The van der Waals surface area contributed by atoms with E-state index in [2.05, 4.69) is 26.9 Å². The molecule has 146 valence electrons. The topological polar surface area (TPSA) is 83.7 Å². The summed E-state index contributed by atoms with van der Waals surface area (Å²) in [5, 5.41) is 20.5. The number of aliphatic hydroxyl groups excluding tert-OH is 1. The quantitative estimate of drug-likeness (QED) is 0.482. The van der Waals surface area contributed by atoms with Crippen LogP contribution in [0.15, 0.2) is 47.7 Å². The Kier molecular flexibility index (Phi) is 6.84. The van der Waals surface area contributed by atoms with Crippen molar-refractivity contribution in [1.82, 2.24) is 20.4 Å². The van der Waals surface area contributed by atoms with Crippen molar-refractivity contribution >= 4 is 5.96 Å². The first-order chi connectivity index (χ1) is 13.2. The molecule has 1 aliphatic heterocycles. The third-order valence-corrected chi connectivity index (χ3v) is 5.04. The zero-order valence-corrected chi connectivity index (χ0v) is 15.9. The van der Waals surface area contributed by atoms with Gasteiger partial charge in [0.1, 0.15) is 0 Å². The van der Waals surface area contributed by atoms with E-state index in [1.165, 1.54) is 5.56 Å². The molecule has 1 saturated heterocycles. The van der Waals surface area contributed by atoms with E-state index < -0.39 is 0 Å². The number of nitrogens with zero attached hydrogens (tertiary/aromatic N) is 3. The first kappa shape index (κ1) is 19.4. The van der Waals surface area contributed by atoms with Gasteiger partial charge in [-0.05, 0) is 37.0 Å². The molecule has 1 aromatic carbocycles. The van der Waals surface area contributed by atoms with Crippen LogP contribution in [0.1, 0.15) is 18.4 Å². The van der Waals surface area contributed by atoms with E-state index in [-0.39, 0.29) is 12.0 Å². The van der Waals surface area contributed by atoms with Crippen LogP contribution in [0.4, 0.5) is 0 Å². The van der Waals surface area contributed by atoms with Gasteiger partial charge in [-0.25, -0.2) is 4.68 Å². The molecule has 0 amide bonds. The third-order valence-electron chi connectivity index (χ3n) is 5.04. The molecule has 1 fully saturated rings. The fourth-order valence-electron chi connectivity index (χ4n) is 3.34. The van der Waals surface area contributed by atoms with Crippen molar-refractivity contribution < 1.29 is 9.84 Å². The summed E-state index contributed by atoms with van der Waals surface area (Å²) in [5.74, 6) is 0.773. The monoisotopic (exact) mass is 371 g/mol. The van der Waals surface area contributed by atoms with E-state index in [9.17, 15) is 5.11 Å². The third kappa shape index (κ3) is 5.30. The summed E-state index contributed by atoms with van der Waals surface area (Å²) in [7, 11) is 1.77. The minimum atomic E-state index is 0.00317. The summed E-state index contributed by atoms with van der Waals surface area (Å²) >= 11 is 0. The van der Waals surface area contributed by atoms with Crippen LogP contribution >= 0.6 is 0 Å². The predicted molar refractivity (Wildman–Crippen MR) is 106 cm³/mol. The summed E-state index contributed by atoms with van der Waals surface area (Å²) in [6, 6.07) is 10.1. The molecule has 3 N–H and O–H groups in total. The van der Waals surface area contributed by atoms with E-state index in [4.69, 9.17) is 4.74 Å². The highest BCUT2D eigenvalue weighted by molar-refractivity contribution is 5.79. The van der Waals surface area contributed by atoms with Crippen LogP contribution in [0.5, 0.6) is 0 Å². The second kappa shape index (κ2) is 9.53. The van der Waals surface area contributed by atoms with E-state index in [0.717, 1.165) is 50.6 Å². The van der Waals surface area contributed by atoms with Crippen LogP contribution in [0.2, 0.25) is 0 Å². The average Bonchev–Trinajstić information content (AvgIpc) is 3.36. The van der Waals surface area contributed by atoms with Crippen molar-refractivity contribution in [3.8, 4) is 5.69 Å². The van der Waals surface area contributed by atoms with Gasteiger partial charge in [-0.3, -0.25) is 4.99 Å². The molecular formula is C20H29N5O2. The van der Waals surface area contributed by atoms with Gasteiger partial charge in [0.05, 0.1) is 18.5 Å². The Labute approximate surface area is 160 Å². The fourth-order valence-corrected chi connectivity index (χ4v) is 3.34. The van der Waals surface area contributed by atoms with Crippen LogP contribution in [0, 0.1) is 5.41 Å². The fraction of sp³-hybridized carbons (Fsp3) is 0.500. The smallest absolute Gasteiger partial charge is 0.191 e. The van der Waals surface area contributed by atoms with Crippen LogP contribution in [-0.4, -0.2) is 60.8 Å². The van der Waals surface area contributed by atoms with Crippen molar-refractivity contribution in [3.05, 3.63) is 48.3 Å². The predicted octanol–water partition coefficient (Wildman–Crippen LogP) is 1.37. The summed E-state index contributed by atoms with van der Waals surface area (Å²) in [6.45, 7) is 3.15. The molecule has 1 aliphatic rings. The van der Waals surface area contributed by atoms with Gasteiger partial charge in [0.15, 0.2) is 5.96 Å². The second-order valence-corrected chi connectivity index (χ2v) is 7.01. The minimum Gasteiger partial charge on any atom is -0.396 e. The number of aliphatic imine (C=N–C) groups is 1. The normalized spacial score (nSPS) is 20.0. The standard InChI is InChI=1S/C20H29N5O2/c1-21-19(23-15-20(8-11-26)9-12-27-16-20)22-10-7-17-13-24-25(14-17)18-5-3-2-4-6-18/h2-6,13-14,26H,7-12,15-16H2,1H3,(H2,21,22,23). The Balaban J connectivity index is 1.45. The first-order valence-corrected chi connectivity index (χ1v) is 9.47. The lowest BCUT2D eigenvalue weighted by Gasteiger charge is -2.27. The maximum atomic E-state index is 9.33. The van der Waals surface area contributed by atoms with E-state index in [1.54, 1.807) is 7.05 Å². The Morgan fingerprint density at radius 3 is 2.89 bits per heavy atom. The van der Waals surface area contributed by atoms with Gasteiger partial charge in [-0.2, -0.15) is 5.10 Å². The first-order valence-electron chi connectivity index (χ1n) is 9.47. The molecule has 0 aliphatic carbocycles. The van der Waals surface area contributed by atoms with Gasteiger partial charge >= 0.3 is 0 Å². The molecule has 0 radical (unpaired) electrons. The Hall–Kier alpha value is -2.38. The molecule has 3 rings (SSSR count). The zero-order chi connectivity index (χ0) is 19.0. The van der Waals surface area contributed by atoms with Crippen LogP contribution in [-0.2, 0) is 11.2 Å². The number of hydrogen-bond acceptors (Lipinski definition) is 4. The van der Waals surface area contributed by atoms with Crippen molar-refractivity contribution in [3.63, 3.8) is 0 Å². The molecule has 7 heteroatoms. The molecule has 1 unspecified atom stereocenters. The molecular weight excluding hydrogens is 342 g/mol. The number of guanidine groups is 1. The van der Waals surface area contributed by atoms with Gasteiger partial charge < -0.3 is 20.5 Å². The van der Waals surface area contributed by atoms with Crippen molar-refractivity contribution in [2.24, 2.45) is 10.4 Å². The molecule has 1 atom stereocenters. The molecule has 2 aromatic rings. The van der Waals surface area contributed by atoms with Gasteiger partial charge in [0.2, 0.25) is 0 Å². The number of benzene rings is 1. The average molecular weight is 371 g/mol. The highest BCUT2D eigenvalue weighted by Gasteiger charge is 2.34. The highest BCUT2D eigenvalue weighted by atomic mass is 16.5. The number of hydrogen-bond donors (Lipinski definition) is 3. The Morgan fingerprint density at radius 2 is 2.19 bits per heavy atom. The molecule has 1 aromatic heterocycles. The number of aromatic nitrogens is 2. The second-order valence-electron chi connectivity index (χ2n) is 7.01. The van der Waals surface area contributed by atoms with E-state index in [0.29, 0.717) is 6.61 Å². The Morgan fingerprint density at radius 1 is 1.33 bits per heavy atom. The molecule has 0 spiro atoms. The van der Waals surface area contributed by atoms with Crippen LogP contribution in [0.25, 0.3) is 5.69 Å². The largest absolute Gasteiger partial charge is 0.396 e. The maximum absolute atomic E-state index is 9.33. The summed E-state index contributed by atoms with van der Waals surface area (Å²) in [5.41, 5.74) is 2.23. The van der Waals surface area contributed by atoms with Crippen molar-refractivity contribution in [2.75, 3.05) is 40.0 Å². The lowest BCUT2D eigenvalue weighted by molar-refractivity contribution is 0.127. The molecule has 0 bridgehead atoms. The van der Waals surface area contributed by atoms with Gasteiger partial charge in [-0.1, -0.05) is 18.2 Å². The summed E-state index contributed by atoms with van der Waals surface area (Å²) in [6.07, 6.45) is 6.53. The van der Waals surface area contributed by atoms with Gasteiger partial charge in [-0.15, -0.1) is 0 Å².